The smallest absolute Gasteiger partial charge is 0.249 e. The summed E-state index contributed by atoms with van der Waals surface area (Å²) in [7, 11) is 3.83. The monoisotopic (exact) mass is 265 g/mol. The van der Waals surface area contributed by atoms with Crippen molar-refractivity contribution in [2.45, 2.75) is 19.1 Å². The topological polar surface area (TPSA) is 78.6 Å². The highest BCUT2D eigenvalue weighted by molar-refractivity contribution is 5.94. The third kappa shape index (κ3) is 5.38. The molecule has 0 aromatic heterocycles. The molecular weight excluding hydrogens is 242 g/mol. The van der Waals surface area contributed by atoms with Gasteiger partial charge in [-0.1, -0.05) is 18.2 Å². The summed E-state index contributed by atoms with van der Waals surface area (Å²) in [5, 5.41) is 13.3. The first-order chi connectivity index (χ1) is 8.82. The Bertz CT molecular complexity index is 430. The second kappa shape index (κ2) is 6.65. The highest BCUT2D eigenvalue weighted by Gasteiger charge is 2.20. The lowest BCUT2D eigenvalue weighted by atomic mass is 10.0. The van der Waals surface area contributed by atoms with E-state index in [4.69, 9.17) is 5.73 Å². The van der Waals surface area contributed by atoms with Crippen LogP contribution in [0.15, 0.2) is 24.3 Å². The van der Waals surface area contributed by atoms with E-state index in [1.807, 2.05) is 31.1 Å². The molecule has 0 aliphatic heterocycles. The van der Waals surface area contributed by atoms with Crippen molar-refractivity contribution < 1.29 is 9.90 Å². The summed E-state index contributed by atoms with van der Waals surface area (Å²) in [4.78, 5) is 13.2. The molecule has 4 N–H and O–H groups in total. The van der Waals surface area contributed by atoms with Crippen LogP contribution in [0.2, 0.25) is 0 Å². The van der Waals surface area contributed by atoms with Gasteiger partial charge < -0.3 is 21.1 Å². The van der Waals surface area contributed by atoms with Gasteiger partial charge in [-0.05, 0) is 32.6 Å². The lowest BCUT2D eigenvalue weighted by Crippen LogP contribution is -2.45. The molecule has 1 rings (SSSR count). The van der Waals surface area contributed by atoms with Crippen LogP contribution in [0.4, 0.5) is 0 Å². The van der Waals surface area contributed by atoms with Crippen molar-refractivity contribution in [2.75, 3.05) is 27.2 Å². The van der Waals surface area contributed by atoms with Gasteiger partial charge in [0.1, 0.15) is 0 Å². The van der Waals surface area contributed by atoms with Crippen LogP contribution in [0.5, 0.6) is 0 Å². The van der Waals surface area contributed by atoms with Crippen molar-refractivity contribution in [3.05, 3.63) is 35.4 Å². The molecule has 5 heteroatoms. The predicted octanol–water partition coefficient (Wildman–Crippen LogP) is 0.188. The molecule has 1 aromatic rings. The fourth-order valence-electron chi connectivity index (χ4n) is 2.12. The number of carbonyl (C=O) groups excluding carboxylic acids is 1. The number of likely N-dealkylation sites (N-methyl/N-ethyl adjacent to an activating group) is 1. The van der Waals surface area contributed by atoms with Gasteiger partial charge in [0.15, 0.2) is 0 Å². The normalized spacial score (nSPS) is 14.4. The fourth-order valence-corrected chi connectivity index (χ4v) is 2.12. The lowest BCUT2D eigenvalue weighted by Gasteiger charge is -2.27. The minimum absolute atomic E-state index is 0.433. The maximum atomic E-state index is 11.3. The van der Waals surface area contributed by atoms with Gasteiger partial charge in [-0.15, -0.1) is 0 Å². The first-order valence-corrected chi connectivity index (χ1v) is 6.27. The molecule has 0 fully saturated rings. The number of primary amides is 1. The molecule has 1 atom stereocenters. The van der Waals surface area contributed by atoms with Crippen molar-refractivity contribution in [2.24, 2.45) is 5.73 Å². The van der Waals surface area contributed by atoms with Crippen molar-refractivity contribution in [1.29, 1.82) is 0 Å². The van der Waals surface area contributed by atoms with Gasteiger partial charge in [0.25, 0.3) is 0 Å². The average Bonchev–Trinajstić information content (AvgIpc) is 2.27. The molecule has 0 radical (unpaired) electrons. The van der Waals surface area contributed by atoms with E-state index in [0.717, 1.165) is 5.56 Å². The number of hydrogen-bond acceptors (Lipinski definition) is 4. The Hall–Kier alpha value is -1.43. The SMILES string of the molecule is CN(C)CC(C)(O)CNCc1ccccc1C(N)=O. The molecule has 1 aromatic carbocycles. The van der Waals surface area contributed by atoms with Crippen LogP contribution in [0, 0.1) is 0 Å². The van der Waals surface area contributed by atoms with E-state index < -0.39 is 11.5 Å². The summed E-state index contributed by atoms with van der Waals surface area (Å²) in [6.45, 7) is 3.29. The van der Waals surface area contributed by atoms with Gasteiger partial charge >= 0.3 is 0 Å². The van der Waals surface area contributed by atoms with Gasteiger partial charge in [0.05, 0.1) is 5.60 Å². The van der Waals surface area contributed by atoms with Crippen LogP contribution in [0.25, 0.3) is 0 Å². The summed E-state index contributed by atoms with van der Waals surface area (Å²) < 4.78 is 0. The first-order valence-electron chi connectivity index (χ1n) is 6.27. The maximum absolute atomic E-state index is 11.3. The minimum atomic E-state index is -0.814. The van der Waals surface area contributed by atoms with E-state index in [2.05, 4.69) is 5.32 Å². The molecule has 1 unspecified atom stereocenters. The second-order valence-corrected chi connectivity index (χ2v) is 5.36. The number of nitrogens with two attached hydrogens (primary N) is 1. The van der Waals surface area contributed by atoms with E-state index >= 15 is 0 Å². The lowest BCUT2D eigenvalue weighted by molar-refractivity contribution is 0.0336. The number of rotatable bonds is 7. The van der Waals surface area contributed by atoms with Crippen LogP contribution in [-0.2, 0) is 6.54 Å². The number of benzene rings is 1. The Morgan fingerprint density at radius 1 is 1.42 bits per heavy atom. The van der Waals surface area contributed by atoms with E-state index in [0.29, 0.717) is 25.2 Å². The van der Waals surface area contributed by atoms with Crippen LogP contribution < -0.4 is 11.1 Å². The summed E-state index contributed by atoms with van der Waals surface area (Å²) in [6, 6.07) is 7.21. The molecule has 0 heterocycles. The average molecular weight is 265 g/mol. The zero-order chi connectivity index (χ0) is 14.5. The molecule has 5 nitrogen and oxygen atoms in total. The molecule has 19 heavy (non-hydrogen) atoms. The zero-order valence-electron chi connectivity index (χ0n) is 11.8. The molecule has 0 saturated heterocycles. The molecular formula is C14H23N3O2. The third-order valence-electron chi connectivity index (χ3n) is 2.76. The van der Waals surface area contributed by atoms with E-state index in [1.165, 1.54) is 0 Å². The van der Waals surface area contributed by atoms with Crippen LogP contribution in [0.3, 0.4) is 0 Å². The number of nitrogens with zero attached hydrogens (tertiary/aromatic N) is 1. The van der Waals surface area contributed by atoms with E-state index in [-0.39, 0.29) is 0 Å². The number of nitrogens with one attached hydrogen (secondary N) is 1. The quantitative estimate of drug-likeness (QED) is 0.657. The molecule has 0 saturated carbocycles. The van der Waals surface area contributed by atoms with Crippen LogP contribution in [0.1, 0.15) is 22.8 Å². The standard InChI is InChI=1S/C14H23N3O2/c1-14(19,10-17(2)3)9-16-8-11-6-4-5-7-12(11)13(15)18/h4-7,16,19H,8-10H2,1-3H3,(H2,15,18). The summed E-state index contributed by atoms with van der Waals surface area (Å²) in [5.41, 5.74) is 5.86. The van der Waals surface area contributed by atoms with E-state index in [1.54, 1.807) is 19.1 Å². The summed E-state index contributed by atoms with van der Waals surface area (Å²) in [5.74, 6) is -0.433. The Morgan fingerprint density at radius 2 is 2.05 bits per heavy atom. The highest BCUT2D eigenvalue weighted by atomic mass is 16.3. The number of carbonyl (C=O) groups is 1. The van der Waals surface area contributed by atoms with Gasteiger partial charge in [0, 0.05) is 25.2 Å². The van der Waals surface area contributed by atoms with Crippen molar-refractivity contribution in [3.8, 4) is 0 Å². The maximum Gasteiger partial charge on any atom is 0.249 e. The second-order valence-electron chi connectivity index (χ2n) is 5.36. The Balaban J connectivity index is 2.56. The summed E-state index contributed by atoms with van der Waals surface area (Å²) in [6.07, 6.45) is 0. The first kappa shape index (κ1) is 15.6. The van der Waals surface area contributed by atoms with Crippen molar-refractivity contribution in [1.82, 2.24) is 10.2 Å². The third-order valence-corrected chi connectivity index (χ3v) is 2.76. The Labute approximate surface area is 114 Å². The number of hydrogen-bond donors (Lipinski definition) is 3. The largest absolute Gasteiger partial charge is 0.388 e. The molecule has 0 spiro atoms. The van der Waals surface area contributed by atoms with Crippen molar-refractivity contribution >= 4 is 5.91 Å². The summed E-state index contributed by atoms with van der Waals surface area (Å²) >= 11 is 0. The van der Waals surface area contributed by atoms with Gasteiger partial charge in [0.2, 0.25) is 5.91 Å². The van der Waals surface area contributed by atoms with Gasteiger partial charge in [-0.25, -0.2) is 0 Å². The molecule has 0 bridgehead atoms. The molecule has 106 valence electrons. The predicted molar refractivity (Wildman–Crippen MR) is 75.8 cm³/mol. The van der Waals surface area contributed by atoms with Gasteiger partial charge in [-0.2, -0.15) is 0 Å². The number of amides is 1. The van der Waals surface area contributed by atoms with Crippen LogP contribution in [-0.4, -0.2) is 48.7 Å². The fraction of sp³-hybridized carbons (Fsp3) is 0.500. The highest BCUT2D eigenvalue weighted by Crippen LogP contribution is 2.09. The van der Waals surface area contributed by atoms with E-state index in [9.17, 15) is 9.90 Å². The number of aliphatic hydroxyl groups is 1. The Kier molecular flexibility index (Phi) is 5.47. The minimum Gasteiger partial charge on any atom is -0.388 e. The van der Waals surface area contributed by atoms with Gasteiger partial charge in [-0.3, -0.25) is 4.79 Å². The molecule has 0 aliphatic rings. The van der Waals surface area contributed by atoms with Crippen molar-refractivity contribution in [3.63, 3.8) is 0 Å². The zero-order valence-corrected chi connectivity index (χ0v) is 11.8. The van der Waals surface area contributed by atoms with Crippen LogP contribution >= 0.6 is 0 Å². The molecule has 0 aliphatic carbocycles. The molecule has 1 amide bonds. The Morgan fingerprint density at radius 3 is 2.63 bits per heavy atom.